The van der Waals surface area contributed by atoms with Crippen molar-refractivity contribution in [3.63, 3.8) is 0 Å². The van der Waals surface area contributed by atoms with E-state index >= 15 is 0 Å². The lowest BCUT2D eigenvalue weighted by Crippen LogP contribution is -2.25. The van der Waals surface area contributed by atoms with Gasteiger partial charge in [0.25, 0.3) is 0 Å². The number of H-pyrrole nitrogens is 1. The minimum absolute atomic E-state index is 0.0639. The zero-order valence-corrected chi connectivity index (χ0v) is 13.6. The van der Waals surface area contributed by atoms with Gasteiger partial charge in [0.1, 0.15) is 0 Å². The molecule has 2 heterocycles. The number of hydrogen-bond acceptors (Lipinski definition) is 6. The van der Waals surface area contributed by atoms with Crippen LogP contribution in [0.15, 0.2) is 10.6 Å². The van der Waals surface area contributed by atoms with Crippen molar-refractivity contribution in [1.29, 1.82) is 0 Å². The summed E-state index contributed by atoms with van der Waals surface area (Å²) in [5.74, 6) is -1.37. The lowest BCUT2D eigenvalue weighted by Gasteiger charge is -2.10. The summed E-state index contributed by atoms with van der Waals surface area (Å²) < 4.78 is 9.91. The van der Waals surface area contributed by atoms with E-state index < -0.39 is 17.9 Å². The Bertz CT molecular complexity index is 784. The van der Waals surface area contributed by atoms with Crippen molar-refractivity contribution in [3.05, 3.63) is 40.0 Å². The number of Topliss-reactive ketones (excluding diaryl/α,β-unsaturated/α-hetero) is 2. The lowest BCUT2D eigenvalue weighted by molar-refractivity contribution is 0.0279. The molecule has 0 unspecified atom stereocenters. The summed E-state index contributed by atoms with van der Waals surface area (Å²) >= 11 is 0. The Hall–Kier alpha value is -2.70. The molecule has 0 aliphatic rings. The van der Waals surface area contributed by atoms with Crippen molar-refractivity contribution in [2.45, 2.75) is 40.7 Å². The Balaban J connectivity index is 2.19. The first-order valence-corrected chi connectivity index (χ1v) is 7.11. The van der Waals surface area contributed by atoms with E-state index in [0.29, 0.717) is 22.5 Å². The predicted molar refractivity (Wildman–Crippen MR) is 80.7 cm³/mol. The molecule has 0 spiro atoms. The highest BCUT2D eigenvalue weighted by molar-refractivity contribution is 6.05. The number of rotatable bonds is 5. The zero-order valence-electron chi connectivity index (χ0n) is 13.6. The average molecular weight is 318 g/mol. The van der Waals surface area contributed by atoms with Gasteiger partial charge in [-0.1, -0.05) is 5.16 Å². The van der Waals surface area contributed by atoms with Crippen LogP contribution in [-0.2, 0) is 4.74 Å². The Morgan fingerprint density at radius 1 is 1.26 bits per heavy atom. The molecule has 1 atom stereocenters. The van der Waals surface area contributed by atoms with Crippen LogP contribution < -0.4 is 0 Å². The first-order valence-electron chi connectivity index (χ1n) is 7.11. The third-order valence-corrected chi connectivity index (χ3v) is 3.52. The van der Waals surface area contributed by atoms with Crippen molar-refractivity contribution in [2.75, 3.05) is 0 Å². The second-order valence-corrected chi connectivity index (χ2v) is 5.43. The summed E-state index contributed by atoms with van der Waals surface area (Å²) in [5, 5.41) is 3.59. The van der Waals surface area contributed by atoms with Gasteiger partial charge in [-0.2, -0.15) is 0 Å². The fourth-order valence-electron chi connectivity index (χ4n) is 2.46. The van der Waals surface area contributed by atoms with Crippen LogP contribution >= 0.6 is 0 Å². The van der Waals surface area contributed by atoms with E-state index in [2.05, 4.69) is 10.1 Å². The van der Waals surface area contributed by atoms with Gasteiger partial charge in [0.05, 0.1) is 11.4 Å². The molecule has 0 amide bonds. The van der Waals surface area contributed by atoms with Gasteiger partial charge in [-0.05, 0) is 40.2 Å². The number of ketones is 2. The second kappa shape index (κ2) is 6.20. The van der Waals surface area contributed by atoms with Crippen molar-refractivity contribution in [1.82, 2.24) is 10.1 Å². The molecule has 0 fully saturated rings. The van der Waals surface area contributed by atoms with E-state index in [1.54, 1.807) is 20.8 Å². The number of esters is 1. The molecule has 0 bridgehead atoms. The molecule has 1 N–H and O–H groups in total. The minimum atomic E-state index is -1.02. The van der Waals surface area contributed by atoms with Gasteiger partial charge in [-0.3, -0.25) is 9.59 Å². The molecule has 0 aliphatic carbocycles. The minimum Gasteiger partial charge on any atom is -0.448 e. The number of aromatic nitrogens is 2. The van der Waals surface area contributed by atoms with Crippen molar-refractivity contribution in [3.8, 4) is 0 Å². The molecule has 122 valence electrons. The molecule has 7 heteroatoms. The highest BCUT2D eigenvalue weighted by atomic mass is 16.6. The molecule has 2 aromatic rings. The van der Waals surface area contributed by atoms with Crippen molar-refractivity contribution >= 4 is 17.5 Å². The first-order chi connectivity index (χ1) is 10.7. The molecule has 0 aliphatic heterocycles. The van der Waals surface area contributed by atoms with Crippen LogP contribution in [-0.4, -0.2) is 33.8 Å². The number of ether oxygens (including phenoxy) is 1. The topological polar surface area (TPSA) is 102 Å². The summed E-state index contributed by atoms with van der Waals surface area (Å²) in [5.41, 5.74) is 2.46. The van der Waals surface area contributed by atoms with Gasteiger partial charge in [-0.15, -0.1) is 0 Å². The molecule has 2 rings (SSSR count). The number of hydrogen-bond donors (Lipinski definition) is 1. The molecular formula is C16H18N2O5. The average Bonchev–Trinajstić information content (AvgIpc) is 3.01. The Kier molecular flexibility index (Phi) is 4.49. The standard InChI is InChI=1S/C16H18N2O5/c1-7-6-12(23-18-7)16(21)22-11(5)15(20)14-8(2)13(10(4)19)9(3)17-14/h6,11,17H,1-5H3/t11-/m1/s1. The number of carbonyl (C=O) groups is 3. The number of carbonyl (C=O) groups excluding carboxylic acids is 3. The molecular weight excluding hydrogens is 300 g/mol. The first kappa shape index (κ1) is 16.7. The highest BCUT2D eigenvalue weighted by Gasteiger charge is 2.27. The Morgan fingerprint density at radius 3 is 2.39 bits per heavy atom. The van der Waals surface area contributed by atoms with E-state index in [0.717, 1.165) is 0 Å². The lowest BCUT2D eigenvalue weighted by atomic mass is 10.0. The van der Waals surface area contributed by atoms with Gasteiger partial charge in [-0.25, -0.2) is 4.79 Å². The maximum absolute atomic E-state index is 12.5. The van der Waals surface area contributed by atoms with Crippen LogP contribution in [0.5, 0.6) is 0 Å². The molecule has 23 heavy (non-hydrogen) atoms. The molecule has 0 saturated carbocycles. The van der Waals surface area contributed by atoms with Gasteiger partial charge < -0.3 is 14.2 Å². The van der Waals surface area contributed by atoms with E-state index in [9.17, 15) is 14.4 Å². The number of aryl methyl sites for hydroxylation is 2. The largest absolute Gasteiger partial charge is 0.448 e. The van der Waals surface area contributed by atoms with Crippen molar-refractivity contribution < 1.29 is 23.6 Å². The predicted octanol–water partition coefficient (Wildman–Crippen LogP) is 2.56. The molecule has 0 saturated heterocycles. The van der Waals surface area contributed by atoms with E-state index in [4.69, 9.17) is 9.26 Å². The second-order valence-electron chi connectivity index (χ2n) is 5.43. The maximum atomic E-state index is 12.5. The SMILES string of the molecule is CC(=O)c1c(C)[nH]c(C(=O)[C@@H](C)OC(=O)c2cc(C)no2)c1C. The number of nitrogens with one attached hydrogen (secondary N) is 1. The fourth-order valence-corrected chi connectivity index (χ4v) is 2.46. The summed E-state index contributed by atoms with van der Waals surface area (Å²) in [4.78, 5) is 38.9. The zero-order chi connectivity index (χ0) is 17.3. The summed E-state index contributed by atoms with van der Waals surface area (Å²) in [6.45, 7) is 7.97. The van der Waals surface area contributed by atoms with Gasteiger partial charge >= 0.3 is 5.97 Å². The van der Waals surface area contributed by atoms with Crippen LogP contribution in [0.1, 0.15) is 62.2 Å². The van der Waals surface area contributed by atoms with Gasteiger partial charge in [0, 0.05) is 17.3 Å². The van der Waals surface area contributed by atoms with E-state index in [1.165, 1.54) is 19.9 Å². The third-order valence-electron chi connectivity index (χ3n) is 3.52. The highest BCUT2D eigenvalue weighted by Crippen LogP contribution is 2.20. The normalized spacial score (nSPS) is 12.0. The molecule has 0 aromatic carbocycles. The smallest absolute Gasteiger partial charge is 0.377 e. The molecule has 0 radical (unpaired) electrons. The summed E-state index contributed by atoms with van der Waals surface area (Å²) in [7, 11) is 0. The van der Waals surface area contributed by atoms with Gasteiger partial charge in [0.2, 0.25) is 11.5 Å². The quantitative estimate of drug-likeness (QED) is 0.671. The number of aromatic amines is 1. The van der Waals surface area contributed by atoms with Crippen LogP contribution in [0.2, 0.25) is 0 Å². The number of nitrogens with zero attached hydrogens (tertiary/aromatic N) is 1. The summed E-state index contributed by atoms with van der Waals surface area (Å²) in [6.07, 6.45) is -1.02. The monoisotopic (exact) mass is 318 g/mol. The fraction of sp³-hybridized carbons (Fsp3) is 0.375. The Labute approximate surface area is 133 Å². The maximum Gasteiger partial charge on any atom is 0.377 e. The molecule has 7 nitrogen and oxygen atoms in total. The van der Waals surface area contributed by atoms with Crippen molar-refractivity contribution in [2.24, 2.45) is 0 Å². The van der Waals surface area contributed by atoms with Crippen LogP contribution in [0.25, 0.3) is 0 Å². The third kappa shape index (κ3) is 3.23. The summed E-state index contributed by atoms with van der Waals surface area (Å²) in [6, 6.07) is 1.43. The molecule has 2 aromatic heterocycles. The van der Waals surface area contributed by atoms with Crippen LogP contribution in [0.4, 0.5) is 0 Å². The van der Waals surface area contributed by atoms with Gasteiger partial charge in [0.15, 0.2) is 11.9 Å². The van der Waals surface area contributed by atoms with Crippen LogP contribution in [0, 0.1) is 20.8 Å². The van der Waals surface area contributed by atoms with Crippen LogP contribution in [0.3, 0.4) is 0 Å². The van der Waals surface area contributed by atoms with E-state index in [1.807, 2.05) is 0 Å². The Morgan fingerprint density at radius 2 is 1.91 bits per heavy atom. The van der Waals surface area contributed by atoms with E-state index in [-0.39, 0.29) is 17.2 Å².